The normalized spacial score (nSPS) is 20.8. The molecule has 1 spiro atoms. The molecule has 1 aromatic heterocycles. The third-order valence-corrected chi connectivity index (χ3v) is 7.25. The van der Waals surface area contributed by atoms with Crippen molar-refractivity contribution in [2.75, 3.05) is 33.9 Å². The van der Waals surface area contributed by atoms with Gasteiger partial charge in [0, 0.05) is 45.6 Å². The molecular formula is C26H31ClFN3O5. The zero-order valence-corrected chi connectivity index (χ0v) is 21.5. The number of nitrogens with one attached hydrogen (secondary N) is 1. The Labute approximate surface area is 214 Å². The monoisotopic (exact) mass is 519 g/mol. The van der Waals surface area contributed by atoms with E-state index < -0.39 is 22.7 Å². The number of aromatic nitrogens is 1. The van der Waals surface area contributed by atoms with E-state index >= 15 is 0 Å². The number of methoxy groups -OCH3 is 1. The fraction of sp³-hybridized carbons (Fsp3) is 0.500. The van der Waals surface area contributed by atoms with Gasteiger partial charge in [0.1, 0.15) is 11.4 Å². The molecule has 36 heavy (non-hydrogen) atoms. The van der Waals surface area contributed by atoms with Crippen LogP contribution in [0.15, 0.2) is 29.2 Å². The Hall–Kier alpha value is -2.91. The van der Waals surface area contributed by atoms with E-state index in [0.717, 1.165) is 19.3 Å². The van der Waals surface area contributed by atoms with Crippen LogP contribution in [0.2, 0.25) is 5.02 Å². The molecule has 0 saturated heterocycles. The van der Waals surface area contributed by atoms with E-state index in [1.807, 2.05) is 6.92 Å². The van der Waals surface area contributed by atoms with E-state index in [4.69, 9.17) is 21.1 Å². The van der Waals surface area contributed by atoms with Crippen molar-refractivity contribution < 1.29 is 23.5 Å². The lowest BCUT2D eigenvalue weighted by Crippen LogP contribution is -2.60. The Morgan fingerprint density at radius 3 is 2.75 bits per heavy atom. The van der Waals surface area contributed by atoms with Crippen LogP contribution in [0.3, 0.4) is 0 Å². The molecule has 2 aromatic rings. The second kappa shape index (κ2) is 10.6. The van der Waals surface area contributed by atoms with Crippen LogP contribution in [0.5, 0.6) is 5.75 Å². The maximum absolute atomic E-state index is 14.3. The summed E-state index contributed by atoms with van der Waals surface area (Å²) in [5.74, 6) is -1.44. The van der Waals surface area contributed by atoms with Crippen LogP contribution in [0.1, 0.15) is 59.0 Å². The molecule has 2 aliphatic rings. The Morgan fingerprint density at radius 2 is 2.06 bits per heavy atom. The number of benzene rings is 1. The summed E-state index contributed by atoms with van der Waals surface area (Å²) in [6, 6.07) is 4.51. The van der Waals surface area contributed by atoms with Gasteiger partial charge < -0.3 is 24.3 Å². The van der Waals surface area contributed by atoms with Gasteiger partial charge in [-0.25, -0.2) is 4.39 Å². The highest BCUT2D eigenvalue weighted by atomic mass is 35.5. The first kappa shape index (κ1) is 26.2. The Morgan fingerprint density at radius 1 is 1.31 bits per heavy atom. The fourth-order valence-electron chi connectivity index (χ4n) is 5.20. The van der Waals surface area contributed by atoms with Crippen LogP contribution in [0.25, 0.3) is 0 Å². The second-order valence-corrected chi connectivity index (χ2v) is 10.0. The minimum atomic E-state index is -0.677. The molecule has 1 fully saturated rings. The third-order valence-electron chi connectivity index (χ3n) is 6.96. The molecule has 8 nitrogen and oxygen atoms in total. The largest absolute Gasteiger partial charge is 0.487 e. The molecule has 1 aromatic carbocycles. The van der Waals surface area contributed by atoms with E-state index in [9.17, 15) is 18.8 Å². The molecule has 10 heteroatoms. The lowest BCUT2D eigenvalue weighted by Gasteiger charge is -2.54. The van der Waals surface area contributed by atoms with Crippen LogP contribution in [-0.2, 0) is 16.8 Å². The van der Waals surface area contributed by atoms with Gasteiger partial charge in [-0.2, -0.15) is 0 Å². The van der Waals surface area contributed by atoms with Gasteiger partial charge in [-0.15, -0.1) is 0 Å². The summed E-state index contributed by atoms with van der Waals surface area (Å²) < 4.78 is 27.2. The highest BCUT2D eigenvalue weighted by Crippen LogP contribution is 2.48. The summed E-state index contributed by atoms with van der Waals surface area (Å²) in [4.78, 5) is 41.5. The highest BCUT2D eigenvalue weighted by molar-refractivity contribution is 6.30. The topological polar surface area (TPSA) is 89.9 Å². The summed E-state index contributed by atoms with van der Waals surface area (Å²) in [6.45, 7) is 3.12. The summed E-state index contributed by atoms with van der Waals surface area (Å²) in [6.07, 6.45) is 4.46. The number of halogens is 2. The molecular weight excluding hydrogens is 489 g/mol. The van der Waals surface area contributed by atoms with Crippen molar-refractivity contribution in [3.63, 3.8) is 0 Å². The molecule has 1 aliphatic carbocycles. The van der Waals surface area contributed by atoms with Gasteiger partial charge in [0.2, 0.25) is 5.43 Å². The first-order valence-electron chi connectivity index (χ1n) is 12.1. The Bertz CT molecular complexity index is 1220. The quantitative estimate of drug-likeness (QED) is 0.511. The average Bonchev–Trinajstić information content (AvgIpc) is 2.83. The number of carbonyl (C=O) groups excluding carboxylic acids is 2. The molecule has 0 unspecified atom stereocenters. The molecule has 1 N–H and O–H groups in total. The van der Waals surface area contributed by atoms with Gasteiger partial charge in [0.15, 0.2) is 11.4 Å². The number of carbonyl (C=O) groups is 2. The minimum Gasteiger partial charge on any atom is -0.487 e. The Balaban J connectivity index is 1.74. The standard InChI is InChI=1S/C26H31ClFN3O5/c1-4-5-9-36-23-21-25(34)30(2)15-26(10-16(11-26)14-35-3)31(21)13-18(22(23)32)24(33)29-12-17-7-6-8-19(27)20(17)28/h6-8,13,16H,4-5,9-12,14-15H2,1-3H3,(H,29,33). The van der Waals surface area contributed by atoms with E-state index in [2.05, 4.69) is 5.32 Å². The fourth-order valence-corrected chi connectivity index (χ4v) is 5.39. The van der Waals surface area contributed by atoms with Gasteiger partial charge in [-0.3, -0.25) is 14.4 Å². The van der Waals surface area contributed by atoms with E-state index in [1.165, 1.54) is 18.3 Å². The van der Waals surface area contributed by atoms with Crippen molar-refractivity contribution in [1.82, 2.24) is 14.8 Å². The summed E-state index contributed by atoms with van der Waals surface area (Å²) >= 11 is 5.84. The third kappa shape index (κ3) is 4.74. The number of fused-ring (bicyclic) bond motifs is 2. The molecule has 1 aliphatic heterocycles. The lowest BCUT2D eigenvalue weighted by molar-refractivity contribution is -0.0191. The second-order valence-electron chi connectivity index (χ2n) is 9.63. The molecule has 0 bridgehead atoms. The smallest absolute Gasteiger partial charge is 0.274 e. The molecule has 194 valence electrons. The van der Waals surface area contributed by atoms with Crippen LogP contribution < -0.4 is 15.5 Å². The van der Waals surface area contributed by atoms with Crippen molar-refractivity contribution in [2.45, 2.75) is 44.7 Å². The van der Waals surface area contributed by atoms with Crippen molar-refractivity contribution in [1.29, 1.82) is 0 Å². The maximum Gasteiger partial charge on any atom is 0.274 e. The van der Waals surface area contributed by atoms with Crippen LogP contribution >= 0.6 is 11.6 Å². The number of unbranched alkanes of at least 4 members (excludes halogenated alkanes) is 1. The number of hydrogen-bond acceptors (Lipinski definition) is 5. The van der Waals surface area contributed by atoms with Crippen LogP contribution in [0.4, 0.5) is 4.39 Å². The van der Waals surface area contributed by atoms with Gasteiger partial charge in [-0.1, -0.05) is 37.1 Å². The number of ether oxygens (including phenoxy) is 2. The SMILES string of the molecule is CCCCOc1c2n(cc(C(=O)NCc3cccc(Cl)c3F)c1=O)C1(CC(COC)C1)CN(C)C2=O. The number of rotatable bonds is 9. The first-order chi connectivity index (χ1) is 17.2. The van der Waals surface area contributed by atoms with Crippen molar-refractivity contribution in [3.8, 4) is 5.75 Å². The van der Waals surface area contributed by atoms with Gasteiger partial charge in [-0.05, 0) is 31.2 Å². The molecule has 4 rings (SSSR count). The van der Waals surface area contributed by atoms with E-state index in [0.29, 0.717) is 25.5 Å². The average molecular weight is 520 g/mol. The van der Waals surface area contributed by atoms with Crippen molar-refractivity contribution >= 4 is 23.4 Å². The number of amides is 2. The van der Waals surface area contributed by atoms with E-state index in [-0.39, 0.29) is 46.7 Å². The first-order valence-corrected chi connectivity index (χ1v) is 12.5. The van der Waals surface area contributed by atoms with Crippen molar-refractivity contribution in [2.24, 2.45) is 5.92 Å². The minimum absolute atomic E-state index is 0.0534. The van der Waals surface area contributed by atoms with E-state index in [1.54, 1.807) is 29.7 Å². The summed E-state index contributed by atoms with van der Waals surface area (Å²) in [5.41, 5.74) is -0.917. The zero-order valence-electron chi connectivity index (χ0n) is 20.7. The van der Waals surface area contributed by atoms with Crippen LogP contribution in [-0.4, -0.2) is 55.2 Å². The van der Waals surface area contributed by atoms with Gasteiger partial charge in [0.25, 0.3) is 11.8 Å². The lowest BCUT2D eigenvalue weighted by atomic mass is 9.67. The highest BCUT2D eigenvalue weighted by Gasteiger charge is 2.52. The maximum atomic E-state index is 14.3. The zero-order chi connectivity index (χ0) is 26.0. The molecule has 1 saturated carbocycles. The van der Waals surface area contributed by atoms with Crippen LogP contribution in [0, 0.1) is 11.7 Å². The molecule has 0 atom stereocenters. The van der Waals surface area contributed by atoms with Gasteiger partial charge in [0.05, 0.1) is 17.2 Å². The number of nitrogens with zero attached hydrogens (tertiary/aromatic N) is 2. The summed E-state index contributed by atoms with van der Waals surface area (Å²) in [7, 11) is 3.36. The summed E-state index contributed by atoms with van der Waals surface area (Å²) in [5, 5.41) is 2.56. The number of hydrogen-bond donors (Lipinski definition) is 1. The van der Waals surface area contributed by atoms with Gasteiger partial charge >= 0.3 is 0 Å². The Kier molecular flexibility index (Phi) is 7.70. The molecule has 0 radical (unpaired) electrons. The predicted octanol–water partition coefficient (Wildman–Crippen LogP) is 3.59. The molecule has 2 amide bonds. The molecule has 2 heterocycles. The number of pyridine rings is 1. The number of likely N-dealkylation sites (N-methyl/N-ethyl adjacent to an activating group) is 1. The van der Waals surface area contributed by atoms with Crippen molar-refractivity contribution in [3.05, 3.63) is 62.3 Å². The predicted molar refractivity (Wildman–Crippen MR) is 133 cm³/mol.